The summed E-state index contributed by atoms with van der Waals surface area (Å²) in [5.41, 5.74) is 4.49. The van der Waals surface area contributed by atoms with Crippen LogP contribution in [0.4, 0.5) is 0 Å². The Bertz CT molecular complexity index is 1020. The first kappa shape index (κ1) is 28.6. The molecule has 36 heavy (non-hydrogen) atoms. The van der Waals surface area contributed by atoms with E-state index < -0.39 is 11.9 Å². The highest BCUT2D eigenvalue weighted by Gasteiger charge is 2.13. The predicted octanol–water partition coefficient (Wildman–Crippen LogP) is 4.93. The fraction of sp³-hybridized carbons (Fsp3) is 0.429. The second kappa shape index (κ2) is 16.1. The van der Waals surface area contributed by atoms with Crippen molar-refractivity contribution >= 4 is 24.0 Å². The normalized spacial score (nSPS) is 10.8. The molecule has 0 unspecified atom stereocenters. The number of nitrogens with zero attached hydrogens (tertiary/aromatic N) is 1. The van der Waals surface area contributed by atoms with Crippen molar-refractivity contribution in [1.82, 2.24) is 10.7 Å². The standard InChI is InChI=1S/C28H37N3O5/c1-4-5-6-7-8-9-10-11-26(32)29-20-27(33)31-30-19-22-14-17-24(25(18-22)35-3)36-28(34)23-15-12-21(2)13-16-23/h12-19H,4-11,20H2,1-3H3,(H,29,32)(H,31,33)/b30-19-. The fourth-order valence-corrected chi connectivity index (χ4v) is 3.43. The van der Waals surface area contributed by atoms with Gasteiger partial charge >= 0.3 is 5.97 Å². The second-order valence-electron chi connectivity index (χ2n) is 8.61. The van der Waals surface area contributed by atoms with Crippen LogP contribution in [-0.2, 0) is 9.59 Å². The molecule has 8 nitrogen and oxygen atoms in total. The topological polar surface area (TPSA) is 106 Å². The van der Waals surface area contributed by atoms with Crippen molar-refractivity contribution in [1.29, 1.82) is 0 Å². The van der Waals surface area contributed by atoms with E-state index in [1.54, 1.807) is 30.3 Å². The molecule has 0 aliphatic rings. The third kappa shape index (κ3) is 10.7. The highest BCUT2D eigenvalue weighted by atomic mass is 16.6. The molecule has 2 aromatic rings. The van der Waals surface area contributed by atoms with E-state index in [2.05, 4.69) is 22.8 Å². The molecule has 0 saturated carbocycles. The number of carbonyl (C=O) groups excluding carboxylic acids is 3. The molecule has 0 heterocycles. The molecule has 194 valence electrons. The van der Waals surface area contributed by atoms with E-state index in [9.17, 15) is 14.4 Å². The van der Waals surface area contributed by atoms with Gasteiger partial charge < -0.3 is 14.8 Å². The smallest absolute Gasteiger partial charge is 0.343 e. The van der Waals surface area contributed by atoms with Gasteiger partial charge in [0.15, 0.2) is 11.5 Å². The van der Waals surface area contributed by atoms with Gasteiger partial charge in [-0.2, -0.15) is 5.10 Å². The molecule has 0 spiro atoms. The van der Waals surface area contributed by atoms with E-state index >= 15 is 0 Å². The third-order valence-corrected chi connectivity index (χ3v) is 5.53. The van der Waals surface area contributed by atoms with Gasteiger partial charge in [-0.15, -0.1) is 0 Å². The minimum atomic E-state index is -0.490. The van der Waals surface area contributed by atoms with E-state index in [1.165, 1.54) is 39.0 Å². The monoisotopic (exact) mass is 495 g/mol. The number of unbranched alkanes of at least 4 members (excludes halogenated alkanes) is 6. The molecule has 2 rings (SSSR count). The maximum atomic E-state index is 12.4. The van der Waals surface area contributed by atoms with Crippen LogP contribution in [0.25, 0.3) is 0 Å². The van der Waals surface area contributed by atoms with Crippen LogP contribution in [-0.4, -0.2) is 37.7 Å². The number of rotatable bonds is 15. The summed E-state index contributed by atoms with van der Waals surface area (Å²) in [5.74, 6) is -0.426. The van der Waals surface area contributed by atoms with E-state index in [1.807, 2.05) is 19.1 Å². The number of amides is 2. The summed E-state index contributed by atoms with van der Waals surface area (Å²) in [6.07, 6.45) is 9.81. The zero-order valence-electron chi connectivity index (χ0n) is 21.5. The van der Waals surface area contributed by atoms with Crippen molar-refractivity contribution < 1.29 is 23.9 Å². The lowest BCUT2D eigenvalue weighted by molar-refractivity contribution is -0.126. The number of aryl methyl sites for hydroxylation is 1. The summed E-state index contributed by atoms with van der Waals surface area (Å²) >= 11 is 0. The molecule has 2 amide bonds. The first-order valence-electron chi connectivity index (χ1n) is 12.5. The minimum absolute atomic E-state index is 0.135. The van der Waals surface area contributed by atoms with Crippen LogP contribution in [0.1, 0.15) is 79.8 Å². The Hall–Kier alpha value is -3.68. The van der Waals surface area contributed by atoms with Gasteiger partial charge in [-0.3, -0.25) is 9.59 Å². The number of hydrogen-bond acceptors (Lipinski definition) is 6. The number of methoxy groups -OCH3 is 1. The Morgan fingerprint density at radius 2 is 1.58 bits per heavy atom. The van der Waals surface area contributed by atoms with Crippen molar-refractivity contribution in [2.24, 2.45) is 5.10 Å². The molecule has 0 radical (unpaired) electrons. The Morgan fingerprint density at radius 3 is 2.28 bits per heavy atom. The highest BCUT2D eigenvalue weighted by Crippen LogP contribution is 2.28. The van der Waals surface area contributed by atoms with E-state index in [-0.39, 0.29) is 18.2 Å². The average Bonchev–Trinajstić information content (AvgIpc) is 2.88. The lowest BCUT2D eigenvalue weighted by Gasteiger charge is -2.10. The van der Waals surface area contributed by atoms with E-state index in [0.717, 1.165) is 24.8 Å². The zero-order valence-corrected chi connectivity index (χ0v) is 21.5. The zero-order chi connectivity index (χ0) is 26.2. The summed E-state index contributed by atoms with van der Waals surface area (Å²) in [7, 11) is 1.47. The fourth-order valence-electron chi connectivity index (χ4n) is 3.43. The molecule has 0 fully saturated rings. The maximum Gasteiger partial charge on any atom is 0.343 e. The van der Waals surface area contributed by atoms with Crippen LogP contribution in [0, 0.1) is 6.92 Å². The first-order chi connectivity index (χ1) is 17.4. The van der Waals surface area contributed by atoms with Gasteiger partial charge in [0.05, 0.1) is 25.4 Å². The van der Waals surface area contributed by atoms with E-state index in [0.29, 0.717) is 23.3 Å². The van der Waals surface area contributed by atoms with Crippen molar-refractivity contribution in [2.45, 2.75) is 65.2 Å². The molecular formula is C28H37N3O5. The van der Waals surface area contributed by atoms with Crippen LogP contribution in [0.3, 0.4) is 0 Å². The molecule has 2 N–H and O–H groups in total. The van der Waals surface area contributed by atoms with Crippen LogP contribution in [0.5, 0.6) is 11.5 Å². The van der Waals surface area contributed by atoms with Gasteiger partial charge in [0.2, 0.25) is 5.91 Å². The van der Waals surface area contributed by atoms with E-state index in [4.69, 9.17) is 9.47 Å². The number of hydrazone groups is 1. The Balaban J connectivity index is 1.74. The molecule has 2 aromatic carbocycles. The van der Waals surface area contributed by atoms with Gasteiger partial charge in [-0.05, 0) is 49.2 Å². The summed E-state index contributed by atoms with van der Waals surface area (Å²) in [4.78, 5) is 36.2. The molecular weight excluding hydrogens is 458 g/mol. The molecule has 0 atom stereocenters. The largest absolute Gasteiger partial charge is 0.493 e. The number of hydrogen-bond donors (Lipinski definition) is 2. The summed E-state index contributed by atoms with van der Waals surface area (Å²) < 4.78 is 10.8. The van der Waals surface area contributed by atoms with Gasteiger partial charge in [-0.1, -0.05) is 63.1 Å². The van der Waals surface area contributed by atoms with Crippen molar-refractivity contribution in [2.75, 3.05) is 13.7 Å². The Morgan fingerprint density at radius 1 is 0.889 bits per heavy atom. The lowest BCUT2D eigenvalue weighted by Crippen LogP contribution is -2.34. The van der Waals surface area contributed by atoms with Crippen molar-refractivity contribution in [3.63, 3.8) is 0 Å². The van der Waals surface area contributed by atoms with Gasteiger partial charge in [-0.25, -0.2) is 10.2 Å². The molecule has 0 aromatic heterocycles. The summed E-state index contributed by atoms with van der Waals surface area (Å²) in [5, 5.41) is 6.52. The predicted molar refractivity (Wildman–Crippen MR) is 140 cm³/mol. The third-order valence-electron chi connectivity index (χ3n) is 5.53. The lowest BCUT2D eigenvalue weighted by atomic mass is 10.1. The van der Waals surface area contributed by atoms with Gasteiger partial charge in [0, 0.05) is 6.42 Å². The minimum Gasteiger partial charge on any atom is -0.493 e. The van der Waals surface area contributed by atoms with Gasteiger partial charge in [0.25, 0.3) is 5.91 Å². The molecule has 0 aliphatic carbocycles. The molecule has 0 aliphatic heterocycles. The highest BCUT2D eigenvalue weighted by molar-refractivity contribution is 5.92. The Kier molecular flexibility index (Phi) is 12.8. The summed E-state index contributed by atoms with van der Waals surface area (Å²) in [6, 6.07) is 12.0. The van der Waals surface area contributed by atoms with Crippen LogP contribution in [0.15, 0.2) is 47.6 Å². The molecule has 8 heteroatoms. The number of esters is 1. The quantitative estimate of drug-likeness (QED) is 0.120. The van der Waals surface area contributed by atoms with Gasteiger partial charge in [0.1, 0.15) is 0 Å². The average molecular weight is 496 g/mol. The summed E-state index contributed by atoms with van der Waals surface area (Å²) in [6.45, 7) is 3.99. The number of ether oxygens (including phenoxy) is 2. The Labute approximate surface area is 213 Å². The first-order valence-corrected chi connectivity index (χ1v) is 12.5. The number of benzene rings is 2. The number of carbonyl (C=O) groups is 3. The molecule has 0 bridgehead atoms. The van der Waals surface area contributed by atoms with Crippen molar-refractivity contribution in [3.05, 3.63) is 59.2 Å². The van der Waals surface area contributed by atoms with Crippen molar-refractivity contribution in [3.8, 4) is 11.5 Å². The van der Waals surface area contributed by atoms with Crippen LogP contribution < -0.4 is 20.2 Å². The second-order valence-corrected chi connectivity index (χ2v) is 8.61. The number of nitrogens with one attached hydrogen (secondary N) is 2. The molecule has 0 saturated heterocycles. The van der Waals surface area contributed by atoms with Crippen LogP contribution in [0.2, 0.25) is 0 Å². The SMILES string of the molecule is CCCCCCCCCC(=O)NCC(=O)N/N=C\c1ccc(OC(=O)c2ccc(C)cc2)c(OC)c1. The maximum absolute atomic E-state index is 12.4. The van der Waals surface area contributed by atoms with Crippen LogP contribution >= 0.6 is 0 Å².